The summed E-state index contributed by atoms with van der Waals surface area (Å²) in [6.45, 7) is 0. The highest BCUT2D eigenvalue weighted by Gasteiger charge is 2.08. The summed E-state index contributed by atoms with van der Waals surface area (Å²) in [6, 6.07) is 18.9. The first-order chi connectivity index (χ1) is 15.5. The van der Waals surface area contributed by atoms with Crippen LogP contribution in [0.15, 0.2) is 66.7 Å². The van der Waals surface area contributed by atoms with Crippen molar-refractivity contribution in [1.82, 2.24) is 16.2 Å². The molecule has 0 heterocycles. The van der Waals surface area contributed by atoms with Gasteiger partial charge in [-0.1, -0.05) is 48.5 Å². The van der Waals surface area contributed by atoms with Crippen LogP contribution in [0, 0.1) is 0 Å². The van der Waals surface area contributed by atoms with Gasteiger partial charge in [0.2, 0.25) is 11.8 Å². The Kier molecular flexibility index (Phi) is 7.77. The van der Waals surface area contributed by atoms with E-state index < -0.39 is 5.91 Å². The Morgan fingerprint density at radius 1 is 0.938 bits per heavy atom. The quantitative estimate of drug-likeness (QED) is 0.304. The smallest absolute Gasteiger partial charge is 0.250 e. The average molecular weight is 450 g/mol. The Hall–Kier alpha value is -3.91. The Labute approximate surface area is 191 Å². The molecule has 164 valence electrons. The summed E-state index contributed by atoms with van der Waals surface area (Å²) in [5.74, 6) is 0.430. The minimum Gasteiger partial charge on any atom is -0.493 e. The lowest BCUT2D eigenvalue weighted by molar-refractivity contribution is -0.121. The molecule has 32 heavy (non-hydrogen) atoms. The number of carbonyl (C=O) groups is 2. The van der Waals surface area contributed by atoms with Gasteiger partial charge < -0.3 is 9.47 Å². The van der Waals surface area contributed by atoms with E-state index in [2.05, 4.69) is 16.2 Å². The molecule has 0 radical (unpaired) electrons. The third kappa shape index (κ3) is 6.05. The topological polar surface area (TPSA) is 88.7 Å². The summed E-state index contributed by atoms with van der Waals surface area (Å²) >= 11 is 5.07. The van der Waals surface area contributed by atoms with Gasteiger partial charge in [0.05, 0.1) is 20.6 Å². The first-order valence-corrected chi connectivity index (χ1v) is 10.2. The van der Waals surface area contributed by atoms with Crippen molar-refractivity contribution < 1.29 is 19.1 Å². The van der Waals surface area contributed by atoms with Crippen molar-refractivity contribution in [2.45, 2.75) is 6.42 Å². The molecule has 3 aromatic carbocycles. The third-order valence-corrected chi connectivity index (χ3v) is 4.82. The number of benzene rings is 3. The van der Waals surface area contributed by atoms with E-state index in [1.54, 1.807) is 31.4 Å². The van der Waals surface area contributed by atoms with Gasteiger partial charge in [0.25, 0.3) is 0 Å². The van der Waals surface area contributed by atoms with E-state index in [4.69, 9.17) is 21.7 Å². The van der Waals surface area contributed by atoms with Gasteiger partial charge in [-0.3, -0.25) is 25.8 Å². The van der Waals surface area contributed by atoms with Crippen molar-refractivity contribution in [2.24, 2.45) is 0 Å². The van der Waals surface area contributed by atoms with Crippen LogP contribution in [0.4, 0.5) is 0 Å². The molecule has 0 unspecified atom stereocenters. The molecule has 2 amide bonds. The zero-order chi connectivity index (χ0) is 22.9. The fourth-order valence-corrected chi connectivity index (χ4v) is 3.26. The first kappa shape index (κ1) is 22.8. The fourth-order valence-electron chi connectivity index (χ4n) is 3.10. The van der Waals surface area contributed by atoms with Crippen LogP contribution in [0.5, 0.6) is 11.5 Å². The molecule has 3 aromatic rings. The minimum absolute atomic E-state index is 0.0155. The lowest BCUT2D eigenvalue weighted by Crippen LogP contribution is -2.48. The van der Waals surface area contributed by atoms with Crippen LogP contribution < -0.4 is 25.6 Å². The second-order valence-electron chi connectivity index (χ2n) is 6.75. The molecule has 3 rings (SSSR count). The van der Waals surface area contributed by atoms with E-state index in [1.165, 1.54) is 13.2 Å². The van der Waals surface area contributed by atoms with Crippen molar-refractivity contribution in [2.75, 3.05) is 14.2 Å². The number of rotatable bonds is 6. The number of hydrazine groups is 1. The monoisotopic (exact) mass is 449 g/mol. The molecule has 0 bridgehead atoms. The van der Waals surface area contributed by atoms with Crippen molar-refractivity contribution >= 4 is 46.0 Å². The van der Waals surface area contributed by atoms with Crippen molar-refractivity contribution in [3.05, 3.63) is 77.9 Å². The number of nitrogens with one attached hydrogen (secondary N) is 3. The second-order valence-corrected chi connectivity index (χ2v) is 7.16. The fraction of sp³-hybridized carbons (Fsp3) is 0.125. The molecular formula is C24H23N3O4S. The van der Waals surface area contributed by atoms with Gasteiger partial charge in [-0.15, -0.1) is 0 Å². The Bertz CT molecular complexity index is 1170. The molecule has 0 spiro atoms. The van der Waals surface area contributed by atoms with Gasteiger partial charge in [-0.2, -0.15) is 0 Å². The highest BCUT2D eigenvalue weighted by molar-refractivity contribution is 7.80. The number of fused-ring (bicyclic) bond motifs is 1. The van der Waals surface area contributed by atoms with Gasteiger partial charge in [-0.05, 0) is 52.3 Å². The van der Waals surface area contributed by atoms with Gasteiger partial charge >= 0.3 is 0 Å². The predicted molar refractivity (Wildman–Crippen MR) is 128 cm³/mol. The molecule has 7 nitrogen and oxygen atoms in total. The summed E-state index contributed by atoms with van der Waals surface area (Å²) < 4.78 is 10.4. The molecule has 0 aliphatic rings. The normalized spacial score (nSPS) is 10.6. The van der Waals surface area contributed by atoms with Crippen molar-refractivity contribution in [1.29, 1.82) is 0 Å². The first-order valence-electron chi connectivity index (χ1n) is 9.76. The Morgan fingerprint density at radius 2 is 1.69 bits per heavy atom. The van der Waals surface area contributed by atoms with Crippen LogP contribution in [0.2, 0.25) is 0 Å². The van der Waals surface area contributed by atoms with Gasteiger partial charge in [-0.25, -0.2) is 0 Å². The SMILES string of the molecule is COc1ccc(C=CC(=O)NC(=S)NNC(=O)Cc2cccc3ccccc23)cc1OC. The number of carbonyl (C=O) groups excluding carboxylic acids is 2. The molecule has 0 saturated carbocycles. The summed E-state index contributed by atoms with van der Waals surface area (Å²) in [6.07, 6.45) is 3.11. The van der Waals surface area contributed by atoms with Crippen LogP contribution in [-0.4, -0.2) is 31.1 Å². The highest BCUT2D eigenvalue weighted by Crippen LogP contribution is 2.27. The lowest BCUT2D eigenvalue weighted by Gasteiger charge is -2.11. The van der Waals surface area contributed by atoms with Crippen LogP contribution in [0.1, 0.15) is 11.1 Å². The van der Waals surface area contributed by atoms with Crippen LogP contribution in [0.25, 0.3) is 16.8 Å². The molecule has 0 saturated heterocycles. The number of thiocarbonyl (C=S) groups is 1. The molecule has 3 N–H and O–H groups in total. The molecule has 0 fully saturated rings. The summed E-state index contributed by atoms with van der Waals surface area (Å²) in [4.78, 5) is 24.4. The largest absolute Gasteiger partial charge is 0.493 e. The molecule has 0 aromatic heterocycles. The van der Waals surface area contributed by atoms with E-state index in [1.807, 2.05) is 42.5 Å². The van der Waals surface area contributed by atoms with Crippen LogP contribution in [-0.2, 0) is 16.0 Å². The molecule has 8 heteroatoms. The number of ether oxygens (including phenoxy) is 2. The van der Waals surface area contributed by atoms with E-state index in [0.717, 1.165) is 21.9 Å². The van der Waals surface area contributed by atoms with E-state index in [9.17, 15) is 9.59 Å². The van der Waals surface area contributed by atoms with Crippen molar-refractivity contribution in [3.63, 3.8) is 0 Å². The predicted octanol–water partition coefficient (Wildman–Crippen LogP) is 3.13. The van der Waals surface area contributed by atoms with E-state index in [-0.39, 0.29) is 17.4 Å². The number of amides is 2. The number of hydrogen-bond donors (Lipinski definition) is 3. The van der Waals surface area contributed by atoms with Crippen LogP contribution in [0.3, 0.4) is 0 Å². The number of hydrogen-bond acceptors (Lipinski definition) is 5. The highest BCUT2D eigenvalue weighted by atomic mass is 32.1. The molecular weight excluding hydrogens is 426 g/mol. The molecule has 0 aliphatic carbocycles. The van der Waals surface area contributed by atoms with Crippen LogP contribution >= 0.6 is 12.2 Å². The maximum Gasteiger partial charge on any atom is 0.250 e. The van der Waals surface area contributed by atoms with Gasteiger partial charge in [0.15, 0.2) is 16.6 Å². The third-order valence-electron chi connectivity index (χ3n) is 4.62. The maximum atomic E-state index is 12.3. The molecule has 0 aliphatic heterocycles. The van der Waals surface area contributed by atoms with E-state index in [0.29, 0.717) is 11.5 Å². The Morgan fingerprint density at radius 3 is 2.47 bits per heavy atom. The Balaban J connectivity index is 1.49. The molecule has 0 atom stereocenters. The zero-order valence-corrected chi connectivity index (χ0v) is 18.5. The van der Waals surface area contributed by atoms with Crippen molar-refractivity contribution in [3.8, 4) is 11.5 Å². The van der Waals surface area contributed by atoms with Gasteiger partial charge in [0.1, 0.15) is 0 Å². The summed E-state index contributed by atoms with van der Waals surface area (Å²) in [5, 5.41) is 4.54. The summed E-state index contributed by atoms with van der Waals surface area (Å²) in [7, 11) is 3.09. The second kappa shape index (κ2) is 10.9. The summed E-state index contributed by atoms with van der Waals surface area (Å²) in [5.41, 5.74) is 6.69. The lowest BCUT2D eigenvalue weighted by atomic mass is 10.0. The maximum absolute atomic E-state index is 12.3. The standard InChI is InChI=1S/C24H23N3O4S/c1-30-20-12-10-16(14-21(20)31-2)11-13-22(28)25-24(32)27-26-23(29)15-18-8-5-7-17-6-3-4-9-19(17)18/h3-14H,15H2,1-2H3,(H,26,29)(H2,25,27,28,32). The van der Waals surface area contributed by atoms with Gasteiger partial charge in [0, 0.05) is 6.08 Å². The average Bonchev–Trinajstić information content (AvgIpc) is 2.81. The number of methoxy groups -OCH3 is 2. The zero-order valence-electron chi connectivity index (χ0n) is 17.7. The van der Waals surface area contributed by atoms with E-state index >= 15 is 0 Å². The minimum atomic E-state index is -0.444.